The highest BCUT2D eigenvalue weighted by Gasteiger charge is 2.34. The zero-order valence-electron chi connectivity index (χ0n) is 21.2. The number of halogens is 2. The fourth-order valence-corrected chi connectivity index (χ4v) is 5.30. The Bertz CT molecular complexity index is 1290. The van der Waals surface area contributed by atoms with Crippen LogP contribution >= 0.6 is 11.6 Å². The van der Waals surface area contributed by atoms with Gasteiger partial charge in [-0.2, -0.15) is 0 Å². The first kappa shape index (κ1) is 25.8. The second-order valence-electron chi connectivity index (χ2n) is 10.1. The predicted octanol–water partition coefficient (Wildman–Crippen LogP) is 4.77. The van der Waals surface area contributed by atoms with Gasteiger partial charge in [-0.15, -0.1) is 0 Å². The Morgan fingerprint density at radius 2 is 1.86 bits per heavy atom. The molecule has 0 atom stereocenters. The lowest BCUT2D eigenvalue weighted by Gasteiger charge is -2.37. The molecule has 37 heavy (non-hydrogen) atoms. The third kappa shape index (κ3) is 5.70. The Labute approximate surface area is 221 Å². The van der Waals surface area contributed by atoms with Gasteiger partial charge < -0.3 is 15.4 Å². The van der Waals surface area contributed by atoms with E-state index in [4.69, 9.17) is 16.3 Å². The number of benzene rings is 2. The molecule has 2 saturated heterocycles. The average Bonchev–Trinajstić information content (AvgIpc) is 3.43. The summed E-state index contributed by atoms with van der Waals surface area (Å²) >= 11 is 5.98. The Morgan fingerprint density at radius 3 is 2.59 bits per heavy atom. The molecule has 10 heteroatoms. The first-order chi connectivity index (χ1) is 17.8. The van der Waals surface area contributed by atoms with Gasteiger partial charge in [-0.25, -0.2) is 14.4 Å². The number of amides is 1. The number of rotatable bonds is 7. The molecule has 5 rings (SSSR count). The number of ether oxygens (including phenoxy) is 1. The fourth-order valence-electron chi connectivity index (χ4n) is 5.12. The van der Waals surface area contributed by atoms with Gasteiger partial charge in [-0.3, -0.25) is 14.6 Å². The van der Waals surface area contributed by atoms with Crippen molar-refractivity contribution in [3.63, 3.8) is 0 Å². The van der Waals surface area contributed by atoms with Crippen molar-refractivity contribution < 1.29 is 13.9 Å². The van der Waals surface area contributed by atoms with Gasteiger partial charge in [-0.1, -0.05) is 11.6 Å². The summed E-state index contributed by atoms with van der Waals surface area (Å²) in [5, 5.41) is 7.18. The van der Waals surface area contributed by atoms with Gasteiger partial charge in [0.05, 0.1) is 30.3 Å². The van der Waals surface area contributed by atoms with E-state index < -0.39 is 5.82 Å². The maximum absolute atomic E-state index is 13.7. The van der Waals surface area contributed by atoms with E-state index >= 15 is 0 Å². The molecule has 2 aromatic carbocycles. The quantitative estimate of drug-likeness (QED) is 0.459. The van der Waals surface area contributed by atoms with Gasteiger partial charge in [0.15, 0.2) is 0 Å². The van der Waals surface area contributed by atoms with Crippen molar-refractivity contribution in [1.82, 2.24) is 19.8 Å². The van der Waals surface area contributed by atoms with E-state index in [2.05, 4.69) is 44.2 Å². The molecular weight excluding hydrogens is 495 g/mol. The molecule has 0 radical (unpaired) electrons. The van der Waals surface area contributed by atoms with E-state index in [0.717, 1.165) is 61.2 Å². The number of anilines is 3. The lowest BCUT2D eigenvalue weighted by molar-refractivity contribution is -0.118. The van der Waals surface area contributed by atoms with Gasteiger partial charge in [0.1, 0.15) is 18.0 Å². The van der Waals surface area contributed by atoms with Crippen LogP contribution < -0.4 is 10.6 Å². The molecule has 2 aliphatic rings. The summed E-state index contributed by atoms with van der Waals surface area (Å²) in [7, 11) is 0. The van der Waals surface area contributed by atoms with Crippen molar-refractivity contribution in [2.24, 2.45) is 0 Å². The molecule has 0 spiro atoms. The standard InChI is InChI=1S/C27H32ClFN6O2/c1-27(2,35-7-3-4-8-35)20-15-23-19(14-24(20)33-25(36)16-34-9-11-37-12-10-34)26(31-17-30-23)32-18-5-6-22(29)21(28)13-18/h5-6,13-15,17H,3-4,7-12,16H2,1-2H3,(H,33,36)(H,30,31,32). The summed E-state index contributed by atoms with van der Waals surface area (Å²) in [6.07, 6.45) is 3.82. The number of carbonyl (C=O) groups excluding carboxylic acids is 1. The van der Waals surface area contributed by atoms with Crippen LogP contribution in [0.1, 0.15) is 32.3 Å². The monoisotopic (exact) mass is 526 g/mol. The van der Waals surface area contributed by atoms with E-state index in [1.807, 2.05) is 12.1 Å². The maximum Gasteiger partial charge on any atom is 0.238 e. The molecule has 8 nitrogen and oxygen atoms in total. The van der Waals surface area contributed by atoms with Crippen LogP contribution in [0.3, 0.4) is 0 Å². The maximum atomic E-state index is 13.7. The molecule has 1 amide bonds. The summed E-state index contributed by atoms with van der Waals surface area (Å²) in [6.45, 7) is 9.44. The molecule has 0 aliphatic carbocycles. The number of hydrogen-bond acceptors (Lipinski definition) is 7. The first-order valence-corrected chi connectivity index (χ1v) is 13.1. The van der Waals surface area contributed by atoms with Crippen LogP contribution in [0.4, 0.5) is 21.6 Å². The summed E-state index contributed by atoms with van der Waals surface area (Å²) in [5.74, 6) is -0.0166. The Morgan fingerprint density at radius 1 is 1.11 bits per heavy atom. The van der Waals surface area contributed by atoms with Gasteiger partial charge >= 0.3 is 0 Å². The van der Waals surface area contributed by atoms with Crippen molar-refractivity contribution in [2.75, 3.05) is 56.6 Å². The number of nitrogens with one attached hydrogen (secondary N) is 2. The average molecular weight is 527 g/mol. The number of carbonyl (C=O) groups is 1. The number of likely N-dealkylation sites (tertiary alicyclic amines) is 1. The number of morpholine rings is 1. The van der Waals surface area contributed by atoms with Crippen molar-refractivity contribution >= 4 is 45.6 Å². The van der Waals surface area contributed by atoms with E-state index in [1.165, 1.54) is 18.5 Å². The predicted molar refractivity (Wildman–Crippen MR) is 144 cm³/mol. The second kappa shape index (κ2) is 10.9. The minimum Gasteiger partial charge on any atom is -0.379 e. The fraction of sp³-hybridized carbons (Fsp3) is 0.444. The Kier molecular flexibility index (Phi) is 7.57. The number of aromatic nitrogens is 2. The van der Waals surface area contributed by atoms with Crippen LogP contribution in [-0.2, 0) is 15.1 Å². The SMILES string of the molecule is CC(C)(c1cc2ncnc(Nc3ccc(F)c(Cl)c3)c2cc1NC(=O)CN1CCOCC1)N1CCCC1. The zero-order chi connectivity index (χ0) is 26.0. The molecule has 2 fully saturated rings. The van der Waals surface area contributed by atoms with Gasteiger partial charge in [0.25, 0.3) is 0 Å². The minimum atomic E-state index is -0.487. The van der Waals surface area contributed by atoms with Crippen LogP contribution in [0.5, 0.6) is 0 Å². The molecule has 0 saturated carbocycles. The number of fused-ring (bicyclic) bond motifs is 1. The second-order valence-corrected chi connectivity index (χ2v) is 10.5. The van der Waals surface area contributed by atoms with Crippen LogP contribution in [0, 0.1) is 5.82 Å². The van der Waals surface area contributed by atoms with Crippen LogP contribution in [0.25, 0.3) is 10.9 Å². The Balaban J connectivity index is 1.52. The lowest BCUT2D eigenvalue weighted by Crippen LogP contribution is -2.42. The van der Waals surface area contributed by atoms with Crippen molar-refractivity contribution in [3.05, 3.63) is 53.1 Å². The number of nitrogens with zero attached hydrogens (tertiary/aromatic N) is 4. The minimum absolute atomic E-state index is 0.0223. The van der Waals surface area contributed by atoms with Gasteiger partial charge in [0.2, 0.25) is 5.91 Å². The first-order valence-electron chi connectivity index (χ1n) is 12.7. The van der Waals surface area contributed by atoms with Crippen LogP contribution in [0.2, 0.25) is 5.02 Å². The molecule has 0 unspecified atom stereocenters. The third-order valence-electron chi connectivity index (χ3n) is 7.26. The van der Waals surface area contributed by atoms with Crippen LogP contribution in [0.15, 0.2) is 36.7 Å². The summed E-state index contributed by atoms with van der Waals surface area (Å²) in [5.41, 5.74) is 2.78. The normalized spacial score (nSPS) is 17.3. The zero-order valence-corrected chi connectivity index (χ0v) is 21.9. The van der Waals surface area contributed by atoms with Crippen molar-refractivity contribution in [2.45, 2.75) is 32.2 Å². The number of hydrogen-bond donors (Lipinski definition) is 2. The summed E-state index contributed by atoms with van der Waals surface area (Å²) < 4.78 is 19.1. The highest BCUT2D eigenvalue weighted by molar-refractivity contribution is 6.31. The molecule has 2 aliphatic heterocycles. The van der Waals surface area contributed by atoms with Gasteiger partial charge in [-0.05, 0) is 75.7 Å². The summed E-state index contributed by atoms with van der Waals surface area (Å²) in [4.78, 5) is 26.7. The largest absolute Gasteiger partial charge is 0.379 e. The molecule has 2 N–H and O–H groups in total. The van der Waals surface area contributed by atoms with Crippen molar-refractivity contribution in [1.29, 1.82) is 0 Å². The van der Waals surface area contributed by atoms with E-state index in [0.29, 0.717) is 31.3 Å². The molecular formula is C27H32ClFN6O2. The smallest absolute Gasteiger partial charge is 0.238 e. The Hall–Kier alpha value is -2.85. The molecule has 1 aromatic heterocycles. The highest BCUT2D eigenvalue weighted by Crippen LogP contribution is 2.39. The summed E-state index contributed by atoms with van der Waals surface area (Å²) in [6, 6.07) is 8.41. The molecule has 0 bridgehead atoms. The molecule has 196 valence electrons. The lowest BCUT2D eigenvalue weighted by atomic mass is 9.89. The van der Waals surface area contributed by atoms with E-state index in [-0.39, 0.29) is 16.5 Å². The van der Waals surface area contributed by atoms with E-state index in [9.17, 15) is 9.18 Å². The molecule has 3 heterocycles. The topological polar surface area (TPSA) is 82.6 Å². The van der Waals surface area contributed by atoms with Gasteiger partial charge in [0, 0.05) is 35.4 Å². The molecule has 3 aromatic rings. The third-order valence-corrected chi connectivity index (χ3v) is 7.55. The highest BCUT2D eigenvalue weighted by atomic mass is 35.5. The van der Waals surface area contributed by atoms with Crippen molar-refractivity contribution in [3.8, 4) is 0 Å². The van der Waals surface area contributed by atoms with E-state index in [1.54, 1.807) is 6.07 Å². The van der Waals surface area contributed by atoms with Crippen LogP contribution in [-0.4, -0.2) is 71.6 Å².